The van der Waals surface area contributed by atoms with Crippen molar-refractivity contribution in [1.82, 2.24) is 5.32 Å². The number of carbonyl (C=O) groups excluding carboxylic acids is 1. The maximum Gasteiger partial charge on any atom is 0.408 e. The molecule has 0 heterocycles. The first-order valence-electron chi connectivity index (χ1n) is 6.13. The second kappa shape index (κ2) is 5.30. The van der Waals surface area contributed by atoms with Gasteiger partial charge in [0.2, 0.25) is 0 Å². The average Bonchev–Trinajstić information content (AvgIpc) is 2.17. The number of carboxylic acids is 1. The normalized spacial score (nSPS) is 26.6. The highest BCUT2D eigenvalue weighted by molar-refractivity contribution is 5.74. The van der Waals surface area contributed by atoms with E-state index in [1.54, 1.807) is 20.8 Å². The lowest BCUT2D eigenvalue weighted by atomic mass is 9.82. The molecule has 7 heteroatoms. The third-order valence-electron chi connectivity index (χ3n) is 2.87. The van der Waals surface area contributed by atoms with Gasteiger partial charge in [-0.25, -0.2) is 13.6 Å². The molecule has 0 aliphatic heterocycles. The van der Waals surface area contributed by atoms with Gasteiger partial charge < -0.3 is 15.2 Å². The van der Waals surface area contributed by atoms with Crippen LogP contribution >= 0.6 is 0 Å². The number of hydrogen-bond acceptors (Lipinski definition) is 3. The number of halogens is 2. The van der Waals surface area contributed by atoms with Gasteiger partial charge in [-0.1, -0.05) is 0 Å². The third-order valence-corrected chi connectivity index (χ3v) is 2.87. The topological polar surface area (TPSA) is 75.6 Å². The molecule has 0 aromatic carbocycles. The van der Waals surface area contributed by atoms with Gasteiger partial charge in [0.1, 0.15) is 11.6 Å². The number of nitrogens with one attached hydrogen (secondary N) is 1. The predicted octanol–water partition coefficient (Wildman–Crippen LogP) is 2.40. The van der Waals surface area contributed by atoms with E-state index < -0.39 is 42.0 Å². The Labute approximate surface area is 110 Å². The van der Waals surface area contributed by atoms with Crippen molar-refractivity contribution in [2.24, 2.45) is 5.92 Å². The third kappa shape index (κ3) is 4.33. The molecule has 1 fully saturated rings. The van der Waals surface area contributed by atoms with Crippen LogP contribution in [-0.4, -0.2) is 34.7 Å². The lowest BCUT2D eigenvalue weighted by Gasteiger charge is -2.36. The summed E-state index contributed by atoms with van der Waals surface area (Å²) in [6, 6.07) is -1.73. The molecule has 1 saturated carbocycles. The molecule has 1 amide bonds. The zero-order chi connectivity index (χ0) is 14.8. The van der Waals surface area contributed by atoms with E-state index in [2.05, 4.69) is 0 Å². The molecule has 0 aromatic rings. The van der Waals surface area contributed by atoms with Crippen molar-refractivity contribution in [1.29, 1.82) is 0 Å². The van der Waals surface area contributed by atoms with Crippen LogP contribution < -0.4 is 5.32 Å². The van der Waals surface area contributed by atoms with Crippen LogP contribution in [0.25, 0.3) is 0 Å². The van der Waals surface area contributed by atoms with E-state index in [1.165, 1.54) is 0 Å². The number of aliphatic carboxylic acids is 1. The minimum atomic E-state index is -3.24. The predicted molar refractivity (Wildman–Crippen MR) is 63.1 cm³/mol. The number of alkyl halides is 2. The number of carboxylic acid groups (broad SMARTS) is 1. The Morgan fingerprint density at radius 2 is 1.95 bits per heavy atom. The molecule has 2 atom stereocenters. The van der Waals surface area contributed by atoms with E-state index in [-0.39, 0.29) is 12.8 Å². The summed E-state index contributed by atoms with van der Waals surface area (Å²) in [7, 11) is 0. The van der Waals surface area contributed by atoms with Crippen LogP contribution in [-0.2, 0) is 9.53 Å². The fraction of sp³-hybridized carbons (Fsp3) is 0.833. The molecule has 0 spiro atoms. The van der Waals surface area contributed by atoms with Crippen molar-refractivity contribution in [3.8, 4) is 0 Å². The number of carbonyl (C=O) groups is 2. The SMILES string of the molecule is CC(C)(C)OC(=O)N[C@H]1[C@@H](C(=O)O)CCCC1(F)F. The van der Waals surface area contributed by atoms with E-state index in [4.69, 9.17) is 9.84 Å². The number of rotatable bonds is 2. The van der Waals surface area contributed by atoms with E-state index in [1.807, 2.05) is 5.32 Å². The lowest BCUT2D eigenvalue weighted by Crippen LogP contribution is -2.57. The molecule has 19 heavy (non-hydrogen) atoms. The zero-order valence-corrected chi connectivity index (χ0v) is 11.2. The van der Waals surface area contributed by atoms with Crippen molar-refractivity contribution >= 4 is 12.1 Å². The van der Waals surface area contributed by atoms with E-state index in [0.29, 0.717) is 0 Å². The first-order chi connectivity index (χ1) is 8.53. The molecular weight excluding hydrogens is 260 g/mol. The van der Waals surface area contributed by atoms with Gasteiger partial charge in [-0.2, -0.15) is 0 Å². The first kappa shape index (κ1) is 15.7. The van der Waals surface area contributed by atoms with Crippen LogP contribution in [0.1, 0.15) is 40.0 Å². The van der Waals surface area contributed by atoms with Gasteiger partial charge in [-0.15, -0.1) is 0 Å². The van der Waals surface area contributed by atoms with Crippen LogP contribution in [0.15, 0.2) is 0 Å². The summed E-state index contributed by atoms with van der Waals surface area (Å²) < 4.78 is 32.4. The van der Waals surface area contributed by atoms with Crippen LogP contribution in [0.4, 0.5) is 13.6 Å². The molecule has 0 unspecified atom stereocenters. The summed E-state index contributed by atoms with van der Waals surface area (Å²) in [5.41, 5.74) is -0.827. The monoisotopic (exact) mass is 279 g/mol. The standard InChI is InChI=1S/C12H19F2NO4/c1-11(2,3)19-10(18)15-8-7(9(16)17)5-4-6-12(8,13)14/h7-8H,4-6H2,1-3H3,(H,15,18)(H,16,17)/t7-,8-/m0/s1. The molecule has 110 valence electrons. The molecule has 1 aliphatic carbocycles. The number of hydrogen-bond donors (Lipinski definition) is 2. The molecule has 1 rings (SSSR count). The Bertz CT molecular complexity index is 365. The minimum absolute atomic E-state index is 0.116. The molecule has 5 nitrogen and oxygen atoms in total. The zero-order valence-electron chi connectivity index (χ0n) is 11.2. The van der Waals surface area contributed by atoms with Crippen LogP contribution in [0, 0.1) is 5.92 Å². The van der Waals surface area contributed by atoms with Gasteiger partial charge in [0.25, 0.3) is 5.92 Å². The summed E-state index contributed by atoms with van der Waals surface area (Å²) in [5.74, 6) is -5.87. The quantitative estimate of drug-likeness (QED) is 0.813. The van der Waals surface area contributed by atoms with E-state index in [0.717, 1.165) is 0 Å². The number of amides is 1. The largest absolute Gasteiger partial charge is 0.481 e. The van der Waals surface area contributed by atoms with Crippen molar-refractivity contribution < 1.29 is 28.2 Å². The van der Waals surface area contributed by atoms with Gasteiger partial charge in [0.05, 0.1) is 5.92 Å². The van der Waals surface area contributed by atoms with Crippen molar-refractivity contribution in [3.63, 3.8) is 0 Å². The van der Waals surface area contributed by atoms with E-state index in [9.17, 15) is 18.4 Å². The highest BCUT2D eigenvalue weighted by Crippen LogP contribution is 2.37. The van der Waals surface area contributed by atoms with Crippen molar-refractivity contribution in [3.05, 3.63) is 0 Å². The summed E-state index contributed by atoms with van der Waals surface area (Å²) in [4.78, 5) is 22.5. The molecule has 0 radical (unpaired) electrons. The van der Waals surface area contributed by atoms with Gasteiger partial charge >= 0.3 is 12.1 Å². The van der Waals surface area contributed by atoms with Gasteiger partial charge in [0.15, 0.2) is 0 Å². The second-order valence-electron chi connectivity index (χ2n) is 5.72. The van der Waals surface area contributed by atoms with Gasteiger partial charge in [-0.05, 0) is 33.6 Å². The first-order valence-corrected chi connectivity index (χ1v) is 6.13. The molecule has 0 aromatic heterocycles. The van der Waals surface area contributed by atoms with Crippen LogP contribution in [0.3, 0.4) is 0 Å². The summed E-state index contributed by atoms with van der Waals surface area (Å²) in [6.45, 7) is 4.79. The van der Waals surface area contributed by atoms with Crippen molar-refractivity contribution in [2.75, 3.05) is 0 Å². The van der Waals surface area contributed by atoms with E-state index >= 15 is 0 Å². The summed E-state index contributed by atoms with van der Waals surface area (Å²) in [6.07, 6.45) is -1.22. The fourth-order valence-electron chi connectivity index (χ4n) is 2.08. The average molecular weight is 279 g/mol. The maximum atomic E-state index is 13.7. The molecule has 2 N–H and O–H groups in total. The Balaban J connectivity index is 2.80. The Morgan fingerprint density at radius 3 is 2.42 bits per heavy atom. The smallest absolute Gasteiger partial charge is 0.408 e. The minimum Gasteiger partial charge on any atom is -0.481 e. The Hall–Kier alpha value is -1.40. The highest BCUT2D eigenvalue weighted by Gasteiger charge is 2.50. The van der Waals surface area contributed by atoms with Gasteiger partial charge in [-0.3, -0.25) is 4.79 Å². The van der Waals surface area contributed by atoms with Gasteiger partial charge in [0, 0.05) is 6.42 Å². The molecule has 0 saturated heterocycles. The lowest BCUT2D eigenvalue weighted by molar-refractivity contribution is -0.153. The molecule has 0 bridgehead atoms. The Kier molecular flexibility index (Phi) is 4.37. The highest BCUT2D eigenvalue weighted by atomic mass is 19.3. The molecule has 1 aliphatic rings. The number of alkyl carbamates (subject to hydrolysis) is 1. The maximum absolute atomic E-state index is 13.7. The summed E-state index contributed by atoms with van der Waals surface area (Å²) in [5, 5.41) is 11.0. The molecular formula is C12H19F2NO4. The van der Waals surface area contributed by atoms with Crippen LogP contribution in [0.5, 0.6) is 0 Å². The van der Waals surface area contributed by atoms with Crippen molar-refractivity contribution in [2.45, 2.75) is 57.6 Å². The summed E-state index contributed by atoms with van der Waals surface area (Å²) >= 11 is 0. The Morgan fingerprint density at radius 1 is 1.37 bits per heavy atom. The van der Waals surface area contributed by atoms with Crippen LogP contribution in [0.2, 0.25) is 0 Å². The second-order valence-corrected chi connectivity index (χ2v) is 5.72. The fourth-order valence-corrected chi connectivity index (χ4v) is 2.08. The number of ether oxygens (including phenoxy) is 1.